The molecule has 0 aliphatic carbocycles. The Bertz CT molecular complexity index is 1110. The average Bonchev–Trinajstić information content (AvgIpc) is 2.79. The first-order chi connectivity index (χ1) is 17.0. The lowest BCUT2D eigenvalue weighted by Gasteiger charge is -2.41. The first-order valence-corrected chi connectivity index (χ1v) is 12.6. The Morgan fingerprint density at radius 1 is 1.11 bits per heavy atom. The van der Waals surface area contributed by atoms with Crippen LogP contribution in [0.4, 0.5) is 14.9 Å². The van der Waals surface area contributed by atoms with E-state index in [2.05, 4.69) is 4.90 Å². The van der Waals surface area contributed by atoms with Crippen LogP contribution in [-0.2, 0) is 16.1 Å². The van der Waals surface area contributed by atoms with Crippen molar-refractivity contribution < 1.29 is 23.5 Å². The summed E-state index contributed by atoms with van der Waals surface area (Å²) in [5.74, 6) is 0.227. The minimum atomic E-state index is -0.664. The second-order valence-electron chi connectivity index (χ2n) is 10.4. The van der Waals surface area contributed by atoms with Gasteiger partial charge in [0, 0.05) is 37.2 Å². The van der Waals surface area contributed by atoms with Crippen LogP contribution < -0.4 is 9.64 Å². The number of benzene rings is 2. The number of hydrogen-bond acceptors (Lipinski definition) is 5. The maximum atomic E-state index is 13.3. The number of carbonyl (C=O) groups excluding carboxylic acids is 2. The van der Waals surface area contributed by atoms with Crippen LogP contribution >= 0.6 is 11.6 Å². The van der Waals surface area contributed by atoms with Crippen LogP contribution in [0, 0.1) is 5.82 Å². The Labute approximate surface area is 216 Å². The smallest absolute Gasteiger partial charge is 0.415 e. The van der Waals surface area contributed by atoms with Crippen molar-refractivity contribution in [2.24, 2.45) is 0 Å². The third-order valence-corrected chi connectivity index (χ3v) is 6.49. The molecule has 0 saturated carbocycles. The molecular formula is C27H33ClFN3O4. The van der Waals surface area contributed by atoms with Gasteiger partial charge in [0.1, 0.15) is 23.3 Å². The number of nitrogens with zero attached hydrogens (tertiary/aromatic N) is 3. The monoisotopic (exact) mass is 517 g/mol. The average molecular weight is 518 g/mol. The van der Waals surface area contributed by atoms with Crippen LogP contribution in [0.2, 0.25) is 5.02 Å². The zero-order valence-corrected chi connectivity index (χ0v) is 21.9. The van der Waals surface area contributed by atoms with Crippen molar-refractivity contribution in [1.82, 2.24) is 9.80 Å². The van der Waals surface area contributed by atoms with Crippen LogP contribution in [0.1, 0.15) is 39.7 Å². The largest absolute Gasteiger partial charge is 0.486 e. The van der Waals surface area contributed by atoms with Gasteiger partial charge >= 0.3 is 6.09 Å². The number of carbonyl (C=O) groups is 2. The zero-order valence-electron chi connectivity index (χ0n) is 21.2. The van der Waals surface area contributed by atoms with Gasteiger partial charge in [-0.05, 0) is 63.6 Å². The van der Waals surface area contributed by atoms with E-state index in [1.165, 1.54) is 17.0 Å². The van der Waals surface area contributed by atoms with Crippen LogP contribution in [0.25, 0.3) is 0 Å². The van der Waals surface area contributed by atoms with E-state index in [1.54, 1.807) is 30.3 Å². The lowest BCUT2D eigenvalue weighted by atomic mass is 10.1. The Morgan fingerprint density at radius 3 is 2.50 bits per heavy atom. The number of anilines is 1. The van der Waals surface area contributed by atoms with Gasteiger partial charge in [-0.3, -0.25) is 14.6 Å². The normalized spacial score (nSPS) is 20.5. The lowest BCUT2D eigenvalue weighted by molar-refractivity contribution is -0.137. The van der Waals surface area contributed by atoms with Crippen molar-refractivity contribution in [2.45, 2.75) is 58.4 Å². The molecule has 2 amide bonds. The van der Waals surface area contributed by atoms with Crippen molar-refractivity contribution in [3.63, 3.8) is 0 Å². The van der Waals surface area contributed by atoms with E-state index in [4.69, 9.17) is 21.1 Å². The second kappa shape index (κ2) is 10.6. The Balaban J connectivity index is 1.39. The molecule has 194 valence electrons. The topological polar surface area (TPSA) is 62.3 Å². The SMILES string of the molecule is CC1CN(Cc2ccc(F)cc2)CCN1C(=O)CC1CN(C(=O)OC(C)(C)C)c2cc(Cl)ccc2O1. The zero-order chi connectivity index (χ0) is 26.0. The number of piperazine rings is 1. The molecule has 0 aromatic heterocycles. The summed E-state index contributed by atoms with van der Waals surface area (Å²) >= 11 is 6.17. The highest BCUT2D eigenvalue weighted by molar-refractivity contribution is 6.31. The fourth-order valence-electron chi connectivity index (χ4n) is 4.62. The molecule has 0 spiro atoms. The van der Waals surface area contributed by atoms with Gasteiger partial charge in [0.15, 0.2) is 0 Å². The molecule has 36 heavy (non-hydrogen) atoms. The van der Waals surface area contributed by atoms with Crippen molar-refractivity contribution in [3.05, 3.63) is 58.9 Å². The predicted molar refractivity (Wildman–Crippen MR) is 137 cm³/mol. The first kappa shape index (κ1) is 26.2. The molecule has 0 bridgehead atoms. The van der Waals surface area contributed by atoms with Gasteiger partial charge in [0.2, 0.25) is 5.91 Å². The summed E-state index contributed by atoms with van der Waals surface area (Å²) in [5, 5.41) is 0.479. The second-order valence-corrected chi connectivity index (χ2v) is 10.9. The van der Waals surface area contributed by atoms with Crippen molar-refractivity contribution >= 4 is 29.3 Å². The molecule has 7 nitrogen and oxygen atoms in total. The van der Waals surface area contributed by atoms with Crippen LogP contribution in [0.15, 0.2) is 42.5 Å². The number of rotatable bonds is 4. The van der Waals surface area contributed by atoms with Crippen LogP contribution in [0.3, 0.4) is 0 Å². The molecule has 2 unspecified atom stereocenters. The van der Waals surface area contributed by atoms with E-state index >= 15 is 0 Å². The van der Waals surface area contributed by atoms with Crippen molar-refractivity contribution in [3.8, 4) is 5.75 Å². The fraction of sp³-hybridized carbons (Fsp3) is 0.481. The standard InChI is InChI=1S/C27H33ClFN3O4/c1-18-15-30(16-19-5-8-21(29)9-6-19)11-12-31(18)25(33)14-22-17-32(26(34)36-27(2,3)4)23-13-20(28)7-10-24(23)35-22/h5-10,13,18,22H,11-12,14-17H2,1-4H3. The van der Waals surface area contributed by atoms with E-state index < -0.39 is 17.8 Å². The first-order valence-electron chi connectivity index (χ1n) is 12.2. The van der Waals surface area contributed by atoms with Gasteiger partial charge in [-0.15, -0.1) is 0 Å². The summed E-state index contributed by atoms with van der Waals surface area (Å²) in [7, 11) is 0. The van der Waals surface area contributed by atoms with Gasteiger partial charge in [0.05, 0.1) is 18.7 Å². The van der Waals surface area contributed by atoms with Gasteiger partial charge in [-0.2, -0.15) is 0 Å². The van der Waals surface area contributed by atoms with E-state index in [-0.39, 0.29) is 30.7 Å². The highest BCUT2D eigenvalue weighted by Crippen LogP contribution is 2.37. The summed E-state index contributed by atoms with van der Waals surface area (Å²) in [6, 6.07) is 11.6. The Hall–Kier alpha value is -2.84. The number of halogens is 2. The highest BCUT2D eigenvalue weighted by atomic mass is 35.5. The summed E-state index contributed by atoms with van der Waals surface area (Å²) in [4.78, 5) is 31.9. The molecule has 9 heteroatoms. The number of ether oxygens (including phenoxy) is 2. The minimum absolute atomic E-state index is 0.0170. The van der Waals surface area contributed by atoms with E-state index in [0.29, 0.717) is 29.5 Å². The fourth-order valence-corrected chi connectivity index (χ4v) is 4.79. The summed E-state index contributed by atoms with van der Waals surface area (Å²) in [6.45, 7) is 10.4. The maximum absolute atomic E-state index is 13.3. The molecule has 2 atom stereocenters. The quantitative estimate of drug-likeness (QED) is 0.564. The van der Waals surface area contributed by atoms with E-state index in [1.807, 2.05) is 32.6 Å². The summed E-state index contributed by atoms with van der Waals surface area (Å²) in [5.41, 5.74) is 0.908. The molecule has 0 N–H and O–H groups in total. The predicted octanol–water partition coefficient (Wildman–Crippen LogP) is 5.10. The molecule has 2 aliphatic rings. The molecule has 2 heterocycles. The van der Waals surface area contributed by atoms with Gasteiger partial charge in [-0.1, -0.05) is 23.7 Å². The van der Waals surface area contributed by atoms with Crippen LogP contribution in [0.5, 0.6) is 5.75 Å². The van der Waals surface area contributed by atoms with Gasteiger partial charge < -0.3 is 14.4 Å². The molecule has 2 aromatic rings. The molecular weight excluding hydrogens is 485 g/mol. The molecule has 1 saturated heterocycles. The van der Waals surface area contributed by atoms with Crippen molar-refractivity contribution in [2.75, 3.05) is 31.1 Å². The lowest BCUT2D eigenvalue weighted by Crippen LogP contribution is -2.55. The minimum Gasteiger partial charge on any atom is -0.486 e. The summed E-state index contributed by atoms with van der Waals surface area (Å²) < 4.78 is 24.9. The highest BCUT2D eigenvalue weighted by Gasteiger charge is 2.36. The van der Waals surface area contributed by atoms with E-state index in [9.17, 15) is 14.0 Å². The number of hydrogen-bond donors (Lipinski definition) is 0. The van der Waals surface area contributed by atoms with Gasteiger partial charge in [0.25, 0.3) is 0 Å². The van der Waals surface area contributed by atoms with E-state index in [0.717, 1.165) is 18.7 Å². The molecule has 0 radical (unpaired) electrons. The molecule has 2 aromatic carbocycles. The van der Waals surface area contributed by atoms with Gasteiger partial charge in [-0.25, -0.2) is 9.18 Å². The number of amides is 2. The third kappa shape index (κ3) is 6.48. The molecule has 1 fully saturated rings. The Kier molecular flexibility index (Phi) is 7.76. The Morgan fingerprint density at radius 2 is 1.83 bits per heavy atom. The molecule has 2 aliphatic heterocycles. The number of fused-ring (bicyclic) bond motifs is 1. The van der Waals surface area contributed by atoms with Crippen molar-refractivity contribution in [1.29, 1.82) is 0 Å². The third-order valence-electron chi connectivity index (χ3n) is 6.26. The summed E-state index contributed by atoms with van der Waals surface area (Å²) in [6.07, 6.45) is -0.874. The van der Waals surface area contributed by atoms with Crippen LogP contribution in [-0.4, -0.2) is 65.7 Å². The molecule has 4 rings (SSSR count). The maximum Gasteiger partial charge on any atom is 0.415 e.